The quantitative estimate of drug-likeness (QED) is 0.379. The number of pyridine rings is 1. The van der Waals surface area contributed by atoms with Crippen LogP contribution in [-0.4, -0.2) is 44.4 Å². The predicted molar refractivity (Wildman–Crippen MR) is 107 cm³/mol. The Balaban J connectivity index is 1.95. The Morgan fingerprint density at radius 3 is 2.92 bits per heavy atom. The Hall–Kier alpha value is -2.12. The summed E-state index contributed by atoms with van der Waals surface area (Å²) in [6, 6.07) is 6.05. The third-order valence-corrected chi connectivity index (χ3v) is 4.52. The first kappa shape index (κ1) is 20.2. The number of ether oxygens (including phenoxy) is 2. The minimum Gasteiger partial charge on any atom is -0.475 e. The van der Waals surface area contributed by atoms with Crippen LogP contribution in [0.15, 0.2) is 40.1 Å². The smallest absolute Gasteiger partial charge is 0.218 e. The van der Waals surface area contributed by atoms with E-state index >= 15 is 0 Å². The molecule has 0 aliphatic rings. The van der Waals surface area contributed by atoms with Gasteiger partial charge in [-0.05, 0) is 41.3 Å². The van der Waals surface area contributed by atoms with Gasteiger partial charge in [-0.25, -0.2) is 9.98 Å². The molecule has 1 unspecified atom stereocenters. The summed E-state index contributed by atoms with van der Waals surface area (Å²) < 4.78 is 10.7. The summed E-state index contributed by atoms with van der Waals surface area (Å²) in [4.78, 5) is 8.97. The van der Waals surface area contributed by atoms with E-state index in [0.29, 0.717) is 31.6 Å². The van der Waals surface area contributed by atoms with Crippen molar-refractivity contribution in [3.8, 4) is 5.88 Å². The van der Waals surface area contributed by atoms with E-state index in [0.717, 1.165) is 24.6 Å². The highest BCUT2D eigenvalue weighted by Crippen LogP contribution is 2.17. The number of methoxy groups -OCH3 is 1. The molecule has 2 aromatic heterocycles. The summed E-state index contributed by atoms with van der Waals surface area (Å²) in [5.74, 6) is 1.83. The second-order valence-corrected chi connectivity index (χ2v) is 6.62. The highest BCUT2D eigenvalue weighted by Gasteiger charge is 2.08. The Morgan fingerprint density at radius 1 is 1.31 bits per heavy atom. The van der Waals surface area contributed by atoms with E-state index in [1.54, 1.807) is 24.6 Å². The lowest BCUT2D eigenvalue weighted by Crippen LogP contribution is -2.39. The van der Waals surface area contributed by atoms with Crippen LogP contribution < -0.4 is 15.4 Å². The summed E-state index contributed by atoms with van der Waals surface area (Å²) in [5.41, 5.74) is 2.30. The summed E-state index contributed by atoms with van der Waals surface area (Å²) >= 11 is 1.73. The van der Waals surface area contributed by atoms with E-state index in [4.69, 9.17) is 9.47 Å². The molecule has 0 spiro atoms. The predicted octanol–water partition coefficient (Wildman–Crippen LogP) is 3.03. The molecule has 6 nitrogen and oxygen atoms in total. The van der Waals surface area contributed by atoms with Gasteiger partial charge in [0.2, 0.25) is 5.88 Å². The summed E-state index contributed by atoms with van der Waals surface area (Å²) in [6.45, 7) is 7.41. The van der Waals surface area contributed by atoms with Crippen molar-refractivity contribution < 1.29 is 9.47 Å². The molecule has 0 amide bonds. The van der Waals surface area contributed by atoms with Crippen molar-refractivity contribution in [2.75, 3.05) is 33.4 Å². The monoisotopic (exact) mass is 376 g/mol. The fourth-order valence-corrected chi connectivity index (χ4v) is 3.11. The van der Waals surface area contributed by atoms with Gasteiger partial charge in [0.25, 0.3) is 0 Å². The van der Waals surface area contributed by atoms with Crippen molar-refractivity contribution >= 4 is 17.3 Å². The highest BCUT2D eigenvalue weighted by molar-refractivity contribution is 7.07. The maximum Gasteiger partial charge on any atom is 0.218 e. The normalized spacial score (nSPS) is 12.7. The van der Waals surface area contributed by atoms with E-state index in [1.165, 1.54) is 5.56 Å². The van der Waals surface area contributed by atoms with E-state index in [1.807, 2.05) is 12.1 Å². The average Bonchev–Trinajstić information content (AvgIpc) is 3.20. The lowest BCUT2D eigenvalue weighted by molar-refractivity contribution is 0.143. The molecule has 2 rings (SSSR count). The van der Waals surface area contributed by atoms with Crippen molar-refractivity contribution in [1.29, 1.82) is 0 Å². The molecule has 142 valence electrons. The largest absolute Gasteiger partial charge is 0.475 e. The molecule has 0 aliphatic carbocycles. The maximum atomic E-state index is 5.67. The lowest BCUT2D eigenvalue weighted by Gasteiger charge is -2.15. The third-order valence-electron chi connectivity index (χ3n) is 3.82. The first-order valence-corrected chi connectivity index (χ1v) is 9.78. The Kier molecular flexibility index (Phi) is 8.92. The number of aromatic nitrogens is 1. The molecule has 7 heteroatoms. The third kappa shape index (κ3) is 6.65. The second kappa shape index (κ2) is 11.5. The molecule has 0 fully saturated rings. The molecule has 0 aliphatic heterocycles. The fraction of sp³-hybridized carbons (Fsp3) is 0.474. The minimum absolute atomic E-state index is 0.427. The number of hydrogen-bond donors (Lipinski definition) is 2. The van der Waals surface area contributed by atoms with E-state index in [2.05, 4.69) is 51.3 Å². The van der Waals surface area contributed by atoms with Crippen molar-refractivity contribution in [2.45, 2.75) is 26.3 Å². The zero-order valence-corrected chi connectivity index (χ0v) is 16.5. The second-order valence-electron chi connectivity index (χ2n) is 5.84. The van der Waals surface area contributed by atoms with E-state index < -0.39 is 0 Å². The maximum absolute atomic E-state index is 5.67. The van der Waals surface area contributed by atoms with Gasteiger partial charge in [0.15, 0.2) is 5.96 Å². The van der Waals surface area contributed by atoms with Crippen LogP contribution in [0.4, 0.5) is 0 Å². The number of nitrogens with zero attached hydrogens (tertiary/aromatic N) is 2. The number of aliphatic imine (C=N–C) groups is 1. The van der Waals surface area contributed by atoms with Crippen LogP contribution in [0.3, 0.4) is 0 Å². The standard InChI is InChI=1S/C19H28N4O2S/c1-4-20-19(22-12-15(2)17-7-11-26-14-17)23-13-16-6-5-8-21-18(16)25-10-9-24-3/h5-8,11,14-15H,4,9-10,12-13H2,1-3H3,(H2,20,22,23). The van der Waals surface area contributed by atoms with Crippen molar-refractivity contribution in [3.63, 3.8) is 0 Å². The molecule has 2 heterocycles. The minimum atomic E-state index is 0.427. The first-order chi connectivity index (χ1) is 12.7. The Bertz CT molecular complexity index is 661. The van der Waals surface area contributed by atoms with Crippen LogP contribution in [0.2, 0.25) is 0 Å². The van der Waals surface area contributed by atoms with Crippen molar-refractivity contribution in [1.82, 2.24) is 15.6 Å². The molecule has 2 N–H and O–H groups in total. The van der Waals surface area contributed by atoms with Gasteiger partial charge in [0.1, 0.15) is 6.61 Å². The summed E-state index contributed by atoms with van der Waals surface area (Å²) in [5, 5.41) is 11.0. The molecule has 26 heavy (non-hydrogen) atoms. The number of nitrogens with one attached hydrogen (secondary N) is 2. The number of thiophene rings is 1. The van der Waals surface area contributed by atoms with Gasteiger partial charge < -0.3 is 20.1 Å². The molecule has 0 radical (unpaired) electrons. The summed E-state index contributed by atoms with van der Waals surface area (Å²) in [7, 11) is 1.65. The topological polar surface area (TPSA) is 67.8 Å². The van der Waals surface area contributed by atoms with Crippen LogP contribution in [0, 0.1) is 0 Å². The molecular weight excluding hydrogens is 348 g/mol. The van der Waals surface area contributed by atoms with E-state index in [9.17, 15) is 0 Å². The fourth-order valence-electron chi connectivity index (χ4n) is 2.33. The zero-order chi connectivity index (χ0) is 18.6. The Morgan fingerprint density at radius 2 is 2.19 bits per heavy atom. The van der Waals surface area contributed by atoms with Gasteiger partial charge in [0, 0.05) is 32.0 Å². The van der Waals surface area contributed by atoms with Gasteiger partial charge in [-0.15, -0.1) is 0 Å². The number of guanidine groups is 1. The SMILES string of the molecule is CCNC(=NCc1cccnc1OCCOC)NCC(C)c1ccsc1. The molecule has 0 saturated carbocycles. The van der Waals surface area contributed by atoms with Gasteiger partial charge in [-0.2, -0.15) is 11.3 Å². The zero-order valence-electron chi connectivity index (χ0n) is 15.7. The highest BCUT2D eigenvalue weighted by atomic mass is 32.1. The average molecular weight is 377 g/mol. The van der Waals surface area contributed by atoms with Crippen LogP contribution in [0.1, 0.15) is 30.9 Å². The number of hydrogen-bond acceptors (Lipinski definition) is 5. The molecule has 2 aromatic rings. The molecule has 0 aromatic carbocycles. The summed E-state index contributed by atoms with van der Waals surface area (Å²) in [6.07, 6.45) is 1.72. The van der Waals surface area contributed by atoms with Crippen molar-refractivity contribution in [2.24, 2.45) is 4.99 Å². The van der Waals surface area contributed by atoms with E-state index in [-0.39, 0.29) is 0 Å². The molecule has 0 saturated heterocycles. The lowest BCUT2D eigenvalue weighted by atomic mass is 10.1. The first-order valence-electron chi connectivity index (χ1n) is 8.84. The van der Waals surface area contributed by atoms with Crippen molar-refractivity contribution in [3.05, 3.63) is 46.3 Å². The van der Waals surface area contributed by atoms with Crippen LogP contribution in [0.25, 0.3) is 0 Å². The van der Waals surface area contributed by atoms with Crippen LogP contribution >= 0.6 is 11.3 Å². The van der Waals surface area contributed by atoms with Crippen LogP contribution in [-0.2, 0) is 11.3 Å². The van der Waals surface area contributed by atoms with Gasteiger partial charge in [-0.3, -0.25) is 0 Å². The van der Waals surface area contributed by atoms with Gasteiger partial charge >= 0.3 is 0 Å². The molecule has 0 bridgehead atoms. The molecule has 1 atom stereocenters. The van der Waals surface area contributed by atoms with Gasteiger partial charge in [0.05, 0.1) is 13.2 Å². The Labute approximate surface area is 159 Å². The molecular formula is C19H28N4O2S. The van der Waals surface area contributed by atoms with Gasteiger partial charge in [-0.1, -0.05) is 13.0 Å². The van der Waals surface area contributed by atoms with Crippen LogP contribution in [0.5, 0.6) is 5.88 Å². The number of rotatable bonds is 10.